The largest absolute Gasteiger partial charge is 0.493 e. The van der Waals surface area contributed by atoms with Crippen molar-refractivity contribution in [3.63, 3.8) is 0 Å². The van der Waals surface area contributed by atoms with E-state index >= 15 is 0 Å². The van der Waals surface area contributed by atoms with Crippen molar-refractivity contribution in [2.45, 2.75) is 46.4 Å². The lowest BCUT2D eigenvalue weighted by molar-refractivity contribution is -0.0149. The summed E-state index contributed by atoms with van der Waals surface area (Å²) in [6, 6.07) is 14.1. The maximum absolute atomic E-state index is 5.87. The second-order valence-electron chi connectivity index (χ2n) is 7.57. The lowest BCUT2D eigenvalue weighted by Crippen LogP contribution is -2.30. The Morgan fingerprint density at radius 1 is 1.03 bits per heavy atom. The van der Waals surface area contributed by atoms with Gasteiger partial charge < -0.3 is 24.8 Å². The average molecular weight is 400 g/mol. The Labute approximate surface area is 174 Å². The third-order valence-corrected chi connectivity index (χ3v) is 4.07. The first-order chi connectivity index (χ1) is 13.8. The van der Waals surface area contributed by atoms with Crippen LogP contribution in [0.1, 0.15) is 38.8 Å². The van der Waals surface area contributed by atoms with E-state index in [1.54, 1.807) is 14.2 Å². The molecule has 0 spiro atoms. The van der Waals surface area contributed by atoms with Gasteiger partial charge in [-0.1, -0.05) is 24.3 Å². The molecule has 0 saturated carbocycles. The van der Waals surface area contributed by atoms with Crippen molar-refractivity contribution in [3.8, 4) is 11.5 Å². The molecule has 0 heterocycles. The second-order valence-corrected chi connectivity index (χ2v) is 7.57. The summed E-state index contributed by atoms with van der Waals surface area (Å²) in [5.74, 6) is 2.07. The summed E-state index contributed by atoms with van der Waals surface area (Å²) in [6.07, 6.45) is 0. The first-order valence-corrected chi connectivity index (χ1v) is 9.85. The Hall–Kier alpha value is -2.73. The van der Waals surface area contributed by atoms with Crippen molar-refractivity contribution >= 4 is 11.6 Å². The van der Waals surface area contributed by atoms with E-state index in [0.29, 0.717) is 31.5 Å². The number of ether oxygens (including phenoxy) is 3. The minimum atomic E-state index is -0.154. The third kappa shape index (κ3) is 7.66. The Morgan fingerprint density at radius 3 is 2.45 bits per heavy atom. The van der Waals surface area contributed by atoms with Crippen molar-refractivity contribution in [1.29, 1.82) is 0 Å². The molecule has 0 aliphatic carbocycles. The zero-order valence-electron chi connectivity index (χ0n) is 18.3. The Morgan fingerprint density at radius 2 is 1.79 bits per heavy atom. The molecule has 0 aromatic heterocycles. The molecule has 29 heavy (non-hydrogen) atoms. The number of hydrogen-bond acceptors (Lipinski definition) is 4. The van der Waals surface area contributed by atoms with E-state index in [1.807, 2.05) is 31.2 Å². The lowest BCUT2D eigenvalue weighted by Gasteiger charge is -2.20. The summed E-state index contributed by atoms with van der Waals surface area (Å²) in [7, 11) is 3.37. The summed E-state index contributed by atoms with van der Waals surface area (Å²) < 4.78 is 16.8. The molecule has 0 radical (unpaired) electrons. The van der Waals surface area contributed by atoms with Crippen molar-refractivity contribution in [2.75, 3.05) is 26.1 Å². The Balaban J connectivity index is 1.97. The molecule has 0 fully saturated rings. The fourth-order valence-electron chi connectivity index (χ4n) is 2.65. The van der Waals surface area contributed by atoms with Crippen LogP contribution < -0.4 is 20.1 Å². The monoisotopic (exact) mass is 399 g/mol. The van der Waals surface area contributed by atoms with Crippen LogP contribution in [0.3, 0.4) is 0 Å². The van der Waals surface area contributed by atoms with Crippen LogP contribution in [0, 0.1) is 0 Å². The predicted molar refractivity (Wildman–Crippen MR) is 119 cm³/mol. The standard InChI is InChI=1S/C23H33N3O3/c1-7-28-20-12-11-19(14-21(20)27-6)26-22(24-5)25-15-17-9-8-10-18(13-17)16-29-23(2,3)4/h8-14H,7,15-16H2,1-6H3,(H2,24,25,26). The number of aliphatic imine (C=N–C) groups is 1. The molecule has 2 N–H and O–H groups in total. The molecular weight excluding hydrogens is 366 g/mol. The van der Waals surface area contributed by atoms with Crippen LogP contribution in [-0.4, -0.2) is 32.3 Å². The fraction of sp³-hybridized carbons (Fsp3) is 0.435. The van der Waals surface area contributed by atoms with Crippen LogP contribution in [0.15, 0.2) is 47.5 Å². The van der Waals surface area contributed by atoms with Crippen LogP contribution in [-0.2, 0) is 17.9 Å². The minimum absolute atomic E-state index is 0.154. The van der Waals surface area contributed by atoms with E-state index in [1.165, 1.54) is 0 Å². The van der Waals surface area contributed by atoms with Crippen LogP contribution in [0.5, 0.6) is 11.5 Å². The summed E-state index contributed by atoms with van der Waals surface area (Å²) in [5.41, 5.74) is 3.02. The first kappa shape index (κ1) is 22.6. The summed E-state index contributed by atoms with van der Waals surface area (Å²) in [4.78, 5) is 4.30. The van der Waals surface area contributed by atoms with Crippen molar-refractivity contribution in [2.24, 2.45) is 4.99 Å². The molecule has 0 atom stereocenters. The molecule has 0 aliphatic heterocycles. The van der Waals surface area contributed by atoms with Gasteiger partial charge in [0.1, 0.15) is 0 Å². The lowest BCUT2D eigenvalue weighted by atomic mass is 10.1. The van der Waals surface area contributed by atoms with E-state index in [2.05, 4.69) is 54.6 Å². The van der Waals surface area contributed by atoms with Gasteiger partial charge in [0.2, 0.25) is 0 Å². The highest BCUT2D eigenvalue weighted by molar-refractivity contribution is 5.93. The molecular formula is C23H33N3O3. The minimum Gasteiger partial charge on any atom is -0.493 e. The number of anilines is 1. The zero-order valence-corrected chi connectivity index (χ0v) is 18.3. The Bertz CT molecular complexity index is 813. The third-order valence-electron chi connectivity index (χ3n) is 4.07. The van der Waals surface area contributed by atoms with Crippen LogP contribution >= 0.6 is 0 Å². The van der Waals surface area contributed by atoms with Crippen LogP contribution in [0.25, 0.3) is 0 Å². The Kier molecular flexibility index (Phi) is 8.34. The van der Waals surface area contributed by atoms with E-state index in [0.717, 1.165) is 22.6 Å². The average Bonchev–Trinajstić information content (AvgIpc) is 2.70. The number of hydrogen-bond donors (Lipinski definition) is 2. The van der Waals surface area contributed by atoms with Gasteiger partial charge in [-0.05, 0) is 51.0 Å². The van der Waals surface area contributed by atoms with Gasteiger partial charge in [0.05, 0.1) is 25.9 Å². The van der Waals surface area contributed by atoms with Gasteiger partial charge in [-0.3, -0.25) is 4.99 Å². The van der Waals surface area contributed by atoms with Crippen molar-refractivity contribution in [3.05, 3.63) is 53.6 Å². The topological polar surface area (TPSA) is 64.1 Å². The summed E-state index contributed by atoms with van der Waals surface area (Å²) in [5, 5.41) is 6.62. The molecule has 158 valence electrons. The molecule has 0 bridgehead atoms. The van der Waals surface area contributed by atoms with Crippen LogP contribution in [0.2, 0.25) is 0 Å². The van der Waals surface area contributed by atoms with Gasteiger partial charge in [0.25, 0.3) is 0 Å². The highest BCUT2D eigenvalue weighted by atomic mass is 16.5. The van der Waals surface area contributed by atoms with E-state index in [4.69, 9.17) is 14.2 Å². The van der Waals surface area contributed by atoms with E-state index in [9.17, 15) is 0 Å². The van der Waals surface area contributed by atoms with Gasteiger partial charge >= 0.3 is 0 Å². The number of benzene rings is 2. The van der Waals surface area contributed by atoms with Gasteiger partial charge in [-0.15, -0.1) is 0 Å². The first-order valence-electron chi connectivity index (χ1n) is 9.85. The number of rotatable bonds is 8. The van der Waals surface area contributed by atoms with Crippen LogP contribution in [0.4, 0.5) is 5.69 Å². The summed E-state index contributed by atoms with van der Waals surface area (Å²) >= 11 is 0. The maximum Gasteiger partial charge on any atom is 0.195 e. The molecule has 6 nitrogen and oxygen atoms in total. The molecule has 6 heteroatoms. The molecule has 2 aromatic carbocycles. The molecule has 0 aliphatic rings. The highest BCUT2D eigenvalue weighted by Gasteiger charge is 2.10. The molecule has 0 amide bonds. The van der Waals surface area contributed by atoms with Gasteiger partial charge in [0, 0.05) is 25.3 Å². The number of guanidine groups is 1. The second kappa shape index (κ2) is 10.7. The maximum atomic E-state index is 5.87. The fourth-order valence-corrected chi connectivity index (χ4v) is 2.65. The number of nitrogens with one attached hydrogen (secondary N) is 2. The summed E-state index contributed by atoms with van der Waals surface area (Å²) in [6.45, 7) is 9.96. The smallest absolute Gasteiger partial charge is 0.195 e. The zero-order chi connectivity index (χ0) is 21.3. The number of nitrogens with zero attached hydrogens (tertiary/aromatic N) is 1. The van der Waals surface area contributed by atoms with Gasteiger partial charge in [-0.2, -0.15) is 0 Å². The SMILES string of the molecule is CCOc1ccc(NC(=NC)NCc2cccc(COC(C)(C)C)c2)cc1OC. The predicted octanol–water partition coefficient (Wildman–Crippen LogP) is 4.60. The molecule has 2 aromatic rings. The van der Waals surface area contributed by atoms with E-state index in [-0.39, 0.29) is 5.60 Å². The van der Waals surface area contributed by atoms with Crippen molar-refractivity contribution in [1.82, 2.24) is 5.32 Å². The van der Waals surface area contributed by atoms with Gasteiger partial charge in [0.15, 0.2) is 17.5 Å². The quantitative estimate of drug-likeness (QED) is 0.502. The van der Waals surface area contributed by atoms with Gasteiger partial charge in [-0.25, -0.2) is 0 Å². The highest BCUT2D eigenvalue weighted by Crippen LogP contribution is 2.30. The molecule has 0 saturated heterocycles. The normalized spacial score (nSPS) is 11.9. The van der Waals surface area contributed by atoms with Crippen molar-refractivity contribution < 1.29 is 14.2 Å². The molecule has 0 unspecified atom stereocenters. The van der Waals surface area contributed by atoms with E-state index < -0.39 is 0 Å². The molecule has 2 rings (SSSR count). The number of methoxy groups -OCH3 is 1.